The van der Waals surface area contributed by atoms with Crippen LogP contribution in [0.4, 0.5) is 13.2 Å². The molecule has 1 aromatic heterocycles. The van der Waals surface area contributed by atoms with Gasteiger partial charge in [-0.25, -0.2) is 4.79 Å². The van der Waals surface area contributed by atoms with Crippen LogP contribution in [0.25, 0.3) is 10.8 Å². The third-order valence-corrected chi connectivity index (χ3v) is 4.04. The molecule has 1 fully saturated rings. The van der Waals surface area contributed by atoms with Gasteiger partial charge in [0.15, 0.2) is 0 Å². The number of hydrogen-bond donors (Lipinski definition) is 2. The second kappa shape index (κ2) is 7.69. The number of nitrogens with zero attached hydrogens (tertiary/aromatic N) is 2. The molecule has 3 rings (SSSR count). The molecule has 0 spiro atoms. The van der Waals surface area contributed by atoms with Crippen LogP contribution in [0.2, 0.25) is 0 Å². The fraction of sp³-hybridized carbons (Fsp3) is 0.353. The zero-order valence-electron chi connectivity index (χ0n) is 14.0. The van der Waals surface area contributed by atoms with E-state index in [0.29, 0.717) is 6.54 Å². The third kappa shape index (κ3) is 4.69. The molecule has 2 aromatic rings. The van der Waals surface area contributed by atoms with Crippen molar-refractivity contribution in [2.75, 3.05) is 6.54 Å². The van der Waals surface area contributed by atoms with Gasteiger partial charge >= 0.3 is 12.1 Å². The molecule has 6 nitrogen and oxygen atoms in total. The van der Waals surface area contributed by atoms with Crippen LogP contribution >= 0.6 is 0 Å². The van der Waals surface area contributed by atoms with Gasteiger partial charge in [0, 0.05) is 30.9 Å². The Hall–Kier alpha value is -2.68. The van der Waals surface area contributed by atoms with Crippen LogP contribution in [0.5, 0.6) is 0 Å². The molecule has 0 bridgehead atoms. The van der Waals surface area contributed by atoms with Gasteiger partial charge in [0.05, 0.1) is 6.04 Å². The first-order valence-corrected chi connectivity index (χ1v) is 7.77. The molecule has 1 aliphatic rings. The van der Waals surface area contributed by atoms with Gasteiger partial charge in [-0.1, -0.05) is 6.07 Å². The zero-order valence-corrected chi connectivity index (χ0v) is 14.0. The van der Waals surface area contributed by atoms with Crippen LogP contribution in [-0.4, -0.2) is 45.6 Å². The lowest BCUT2D eigenvalue weighted by Crippen LogP contribution is -2.33. The number of aliphatic carboxylic acids is 1. The molecule has 2 heterocycles. The van der Waals surface area contributed by atoms with Gasteiger partial charge in [-0.2, -0.15) is 13.2 Å². The Balaban J connectivity index is 0.000000298. The summed E-state index contributed by atoms with van der Waals surface area (Å²) in [6, 6.07) is 5.95. The standard InChI is InChI=1S/C15H17N3O.C2HF3O2/c1-10-6-11-2-4-17-8-12(11)7-13(10)9-18-5-3-14(16)15(18)19;3-2(4,5)1(6)7/h2,4,6-8,14H,3,5,9,16H2,1H3;(H,6,7)/t14-;/m0./s1. The van der Waals surface area contributed by atoms with E-state index in [1.165, 1.54) is 16.5 Å². The van der Waals surface area contributed by atoms with Crippen molar-refractivity contribution in [3.8, 4) is 0 Å². The molecule has 1 atom stereocenters. The summed E-state index contributed by atoms with van der Waals surface area (Å²) < 4.78 is 31.7. The second-order valence-corrected chi connectivity index (χ2v) is 5.96. The Morgan fingerprint density at radius 2 is 2.04 bits per heavy atom. The Bertz CT molecular complexity index is 824. The monoisotopic (exact) mass is 369 g/mol. The fourth-order valence-corrected chi connectivity index (χ4v) is 2.59. The predicted octanol–water partition coefficient (Wildman–Crippen LogP) is 2.24. The molecule has 1 aliphatic heterocycles. The quantitative estimate of drug-likeness (QED) is 0.846. The summed E-state index contributed by atoms with van der Waals surface area (Å²) >= 11 is 0. The van der Waals surface area contributed by atoms with E-state index in [2.05, 4.69) is 24.0 Å². The van der Waals surface area contributed by atoms with Crippen molar-refractivity contribution in [3.63, 3.8) is 0 Å². The van der Waals surface area contributed by atoms with Gasteiger partial charge in [0.25, 0.3) is 0 Å². The minimum atomic E-state index is -5.08. The number of carbonyl (C=O) groups excluding carboxylic acids is 1. The molecular weight excluding hydrogens is 351 g/mol. The van der Waals surface area contributed by atoms with Crippen molar-refractivity contribution in [2.24, 2.45) is 5.73 Å². The number of nitrogens with two attached hydrogens (primary N) is 1. The van der Waals surface area contributed by atoms with Crippen LogP contribution in [0.3, 0.4) is 0 Å². The Morgan fingerprint density at radius 3 is 2.58 bits per heavy atom. The number of amides is 1. The number of carboxylic acid groups (broad SMARTS) is 1. The molecule has 0 unspecified atom stereocenters. The summed E-state index contributed by atoms with van der Waals surface area (Å²) in [6.07, 6.45) is -0.673. The molecule has 0 saturated carbocycles. The summed E-state index contributed by atoms with van der Waals surface area (Å²) in [6.45, 7) is 3.48. The lowest BCUT2D eigenvalue weighted by molar-refractivity contribution is -0.192. The number of carboxylic acids is 1. The number of hydrogen-bond acceptors (Lipinski definition) is 4. The summed E-state index contributed by atoms with van der Waals surface area (Å²) in [5.74, 6) is -2.70. The van der Waals surface area contributed by atoms with Crippen molar-refractivity contribution in [1.29, 1.82) is 0 Å². The lowest BCUT2D eigenvalue weighted by atomic mass is 10.0. The highest BCUT2D eigenvalue weighted by molar-refractivity contribution is 5.85. The van der Waals surface area contributed by atoms with Crippen LogP contribution in [0.15, 0.2) is 30.6 Å². The fourth-order valence-electron chi connectivity index (χ4n) is 2.59. The van der Waals surface area contributed by atoms with Gasteiger partial charge in [0.1, 0.15) is 0 Å². The molecule has 1 aromatic carbocycles. The maximum Gasteiger partial charge on any atom is 0.490 e. The van der Waals surface area contributed by atoms with Crippen LogP contribution in [-0.2, 0) is 16.1 Å². The Kier molecular flexibility index (Phi) is 5.81. The van der Waals surface area contributed by atoms with E-state index in [0.717, 1.165) is 18.4 Å². The molecule has 1 saturated heterocycles. The highest BCUT2D eigenvalue weighted by Crippen LogP contribution is 2.22. The number of rotatable bonds is 2. The number of pyridine rings is 1. The molecule has 0 aliphatic carbocycles. The van der Waals surface area contributed by atoms with E-state index in [-0.39, 0.29) is 11.9 Å². The minimum absolute atomic E-state index is 0.0608. The zero-order chi connectivity index (χ0) is 19.5. The number of halogens is 3. The summed E-state index contributed by atoms with van der Waals surface area (Å²) in [4.78, 5) is 26.8. The third-order valence-electron chi connectivity index (χ3n) is 4.04. The maximum absolute atomic E-state index is 11.9. The first kappa shape index (κ1) is 19.6. The first-order chi connectivity index (χ1) is 12.1. The van der Waals surface area contributed by atoms with Crippen LogP contribution in [0, 0.1) is 6.92 Å². The van der Waals surface area contributed by atoms with Crippen LogP contribution in [0.1, 0.15) is 17.5 Å². The van der Waals surface area contributed by atoms with Gasteiger partial charge in [-0.3, -0.25) is 9.78 Å². The molecule has 0 radical (unpaired) electrons. The topological polar surface area (TPSA) is 96.5 Å². The largest absolute Gasteiger partial charge is 0.490 e. The molecule has 3 N–H and O–H groups in total. The van der Waals surface area contributed by atoms with Crippen LogP contribution < -0.4 is 5.73 Å². The van der Waals surface area contributed by atoms with Gasteiger partial charge in [-0.15, -0.1) is 0 Å². The molecule has 9 heteroatoms. The SMILES string of the molecule is Cc1cc2ccncc2cc1CN1CC[C@H](N)C1=O.O=C(O)C(F)(F)F. The highest BCUT2D eigenvalue weighted by Gasteiger charge is 2.38. The van der Waals surface area contributed by atoms with E-state index >= 15 is 0 Å². The number of aryl methyl sites for hydroxylation is 1. The number of aromatic nitrogens is 1. The number of benzene rings is 1. The van der Waals surface area contributed by atoms with Crippen molar-refractivity contribution in [3.05, 3.63) is 41.7 Å². The van der Waals surface area contributed by atoms with Crippen molar-refractivity contribution in [1.82, 2.24) is 9.88 Å². The molecule has 26 heavy (non-hydrogen) atoms. The molecule has 140 valence electrons. The lowest BCUT2D eigenvalue weighted by Gasteiger charge is -2.18. The van der Waals surface area contributed by atoms with Gasteiger partial charge in [-0.05, 0) is 42.0 Å². The van der Waals surface area contributed by atoms with E-state index in [9.17, 15) is 18.0 Å². The second-order valence-electron chi connectivity index (χ2n) is 5.96. The summed E-state index contributed by atoms with van der Waals surface area (Å²) in [5.41, 5.74) is 8.12. The number of carbonyl (C=O) groups is 2. The number of alkyl halides is 3. The van der Waals surface area contributed by atoms with Gasteiger partial charge < -0.3 is 15.7 Å². The van der Waals surface area contributed by atoms with E-state index in [4.69, 9.17) is 15.6 Å². The highest BCUT2D eigenvalue weighted by atomic mass is 19.4. The minimum Gasteiger partial charge on any atom is -0.475 e. The normalized spacial score (nSPS) is 17.2. The Morgan fingerprint density at radius 1 is 1.38 bits per heavy atom. The smallest absolute Gasteiger partial charge is 0.475 e. The summed E-state index contributed by atoms with van der Waals surface area (Å²) in [5, 5.41) is 9.42. The summed E-state index contributed by atoms with van der Waals surface area (Å²) in [7, 11) is 0. The van der Waals surface area contributed by atoms with Crippen molar-refractivity contribution in [2.45, 2.75) is 32.1 Å². The average Bonchev–Trinajstić information content (AvgIpc) is 2.87. The Labute approximate surface area is 147 Å². The predicted molar refractivity (Wildman–Crippen MR) is 88.2 cm³/mol. The van der Waals surface area contributed by atoms with E-state index in [1.807, 2.05) is 17.2 Å². The molecule has 1 amide bonds. The van der Waals surface area contributed by atoms with Gasteiger partial charge in [0.2, 0.25) is 5.91 Å². The van der Waals surface area contributed by atoms with Crippen molar-refractivity contribution >= 4 is 22.6 Å². The number of likely N-dealkylation sites (tertiary alicyclic amines) is 1. The average molecular weight is 369 g/mol. The van der Waals surface area contributed by atoms with Crippen molar-refractivity contribution < 1.29 is 27.9 Å². The van der Waals surface area contributed by atoms with E-state index < -0.39 is 12.1 Å². The number of fused-ring (bicyclic) bond motifs is 1. The maximum atomic E-state index is 11.9. The molecular formula is C17H18F3N3O3. The van der Waals surface area contributed by atoms with E-state index in [1.54, 1.807) is 6.20 Å². The first-order valence-electron chi connectivity index (χ1n) is 7.77.